The van der Waals surface area contributed by atoms with Gasteiger partial charge in [-0.2, -0.15) is 0 Å². The van der Waals surface area contributed by atoms with Gasteiger partial charge < -0.3 is 10.2 Å². The third kappa shape index (κ3) is 2.84. The van der Waals surface area contributed by atoms with Crippen LogP contribution in [0.5, 0.6) is 0 Å². The molecule has 2 aliphatic rings. The Kier molecular flexibility index (Phi) is 3.64. The van der Waals surface area contributed by atoms with Gasteiger partial charge in [0.1, 0.15) is 12.1 Å². The highest BCUT2D eigenvalue weighted by molar-refractivity contribution is 5.96. The molecule has 4 nitrogen and oxygen atoms in total. The van der Waals surface area contributed by atoms with Crippen LogP contribution in [0.2, 0.25) is 0 Å². The standard InChI is InChI=1S/C16H28N2O2/c1-10-14(20)18(11(2)13(19)17-10)12-7-15(3,4)9-16(5,6)8-12/h10-12H,7-9H2,1-6H3,(H,17,19). The molecule has 20 heavy (non-hydrogen) atoms. The summed E-state index contributed by atoms with van der Waals surface area (Å²) < 4.78 is 0. The minimum absolute atomic E-state index is 0.0294. The zero-order valence-electron chi connectivity index (χ0n) is 13.6. The highest BCUT2D eigenvalue weighted by atomic mass is 16.2. The molecule has 1 aliphatic heterocycles. The molecule has 1 heterocycles. The topological polar surface area (TPSA) is 49.4 Å². The molecule has 114 valence electrons. The Morgan fingerprint density at radius 1 is 1.05 bits per heavy atom. The molecule has 4 heteroatoms. The van der Waals surface area contributed by atoms with Crippen molar-refractivity contribution >= 4 is 11.8 Å². The summed E-state index contributed by atoms with van der Waals surface area (Å²) in [5.41, 5.74) is 0.424. The minimum atomic E-state index is -0.396. The first-order valence-corrected chi connectivity index (χ1v) is 7.65. The molecule has 0 aromatic heterocycles. The van der Waals surface area contributed by atoms with Gasteiger partial charge in [0.05, 0.1) is 0 Å². The molecule has 2 rings (SSSR count). The second kappa shape index (κ2) is 4.74. The molecule has 0 aromatic rings. The molecule has 0 radical (unpaired) electrons. The molecule has 1 saturated heterocycles. The fourth-order valence-electron chi connectivity index (χ4n) is 4.42. The number of nitrogens with zero attached hydrogens (tertiary/aromatic N) is 1. The number of amides is 2. The van der Waals surface area contributed by atoms with E-state index in [1.165, 1.54) is 0 Å². The first-order chi connectivity index (χ1) is 9.02. The van der Waals surface area contributed by atoms with Crippen LogP contribution in [0.4, 0.5) is 0 Å². The van der Waals surface area contributed by atoms with Crippen molar-refractivity contribution < 1.29 is 9.59 Å². The van der Waals surface area contributed by atoms with Gasteiger partial charge in [0, 0.05) is 6.04 Å². The van der Waals surface area contributed by atoms with Gasteiger partial charge >= 0.3 is 0 Å². The van der Waals surface area contributed by atoms with E-state index >= 15 is 0 Å². The van der Waals surface area contributed by atoms with Crippen molar-refractivity contribution in [2.75, 3.05) is 0 Å². The van der Waals surface area contributed by atoms with Gasteiger partial charge in [-0.25, -0.2) is 0 Å². The quantitative estimate of drug-likeness (QED) is 0.801. The smallest absolute Gasteiger partial charge is 0.245 e. The third-order valence-electron chi connectivity index (χ3n) is 4.71. The molecule has 1 aliphatic carbocycles. The van der Waals surface area contributed by atoms with Crippen LogP contribution >= 0.6 is 0 Å². The zero-order valence-corrected chi connectivity index (χ0v) is 13.6. The Morgan fingerprint density at radius 2 is 1.55 bits per heavy atom. The lowest BCUT2D eigenvalue weighted by Crippen LogP contribution is -2.65. The number of carbonyl (C=O) groups is 2. The van der Waals surface area contributed by atoms with Gasteiger partial charge in [0.25, 0.3) is 0 Å². The van der Waals surface area contributed by atoms with E-state index in [1.807, 2.05) is 11.8 Å². The Hall–Kier alpha value is -1.06. The maximum Gasteiger partial charge on any atom is 0.245 e. The van der Waals surface area contributed by atoms with Crippen LogP contribution in [-0.4, -0.2) is 34.8 Å². The molecular formula is C16H28N2O2. The van der Waals surface area contributed by atoms with Gasteiger partial charge in [-0.15, -0.1) is 0 Å². The summed E-state index contributed by atoms with van der Waals surface area (Å²) in [6.45, 7) is 12.7. The van der Waals surface area contributed by atoms with Crippen LogP contribution in [0.25, 0.3) is 0 Å². The largest absolute Gasteiger partial charge is 0.343 e. The highest BCUT2D eigenvalue weighted by Gasteiger charge is 2.46. The van der Waals surface area contributed by atoms with Crippen LogP contribution in [-0.2, 0) is 9.59 Å². The van der Waals surface area contributed by atoms with E-state index in [0.717, 1.165) is 19.3 Å². The first-order valence-electron chi connectivity index (χ1n) is 7.65. The molecule has 2 unspecified atom stereocenters. The molecular weight excluding hydrogens is 252 g/mol. The molecule has 0 bridgehead atoms. The molecule has 0 spiro atoms. The summed E-state index contributed by atoms with van der Waals surface area (Å²) >= 11 is 0. The summed E-state index contributed by atoms with van der Waals surface area (Å²) in [6.07, 6.45) is 3.12. The lowest BCUT2D eigenvalue weighted by Gasteiger charge is -2.51. The van der Waals surface area contributed by atoms with E-state index in [0.29, 0.717) is 0 Å². The maximum atomic E-state index is 12.5. The molecule has 0 aromatic carbocycles. The summed E-state index contributed by atoms with van der Waals surface area (Å²) in [5, 5.41) is 2.76. The summed E-state index contributed by atoms with van der Waals surface area (Å²) in [7, 11) is 0. The van der Waals surface area contributed by atoms with Gasteiger partial charge in [0.2, 0.25) is 11.8 Å². The number of hydrogen-bond donors (Lipinski definition) is 1. The second-order valence-electron chi connectivity index (χ2n) is 8.22. The van der Waals surface area contributed by atoms with E-state index in [-0.39, 0.29) is 34.7 Å². The van der Waals surface area contributed by atoms with E-state index in [9.17, 15) is 9.59 Å². The fourth-order valence-corrected chi connectivity index (χ4v) is 4.42. The van der Waals surface area contributed by atoms with Gasteiger partial charge in [0.15, 0.2) is 0 Å². The predicted octanol–water partition coefficient (Wildman–Crippen LogP) is 2.33. The lowest BCUT2D eigenvalue weighted by molar-refractivity contribution is -0.154. The van der Waals surface area contributed by atoms with Crippen molar-refractivity contribution in [2.24, 2.45) is 10.8 Å². The lowest BCUT2D eigenvalue weighted by atomic mass is 9.63. The van der Waals surface area contributed by atoms with Gasteiger partial charge in [-0.3, -0.25) is 9.59 Å². The minimum Gasteiger partial charge on any atom is -0.343 e. The summed E-state index contributed by atoms with van der Waals surface area (Å²) in [4.78, 5) is 26.4. The van der Waals surface area contributed by atoms with E-state index in [2.05, 4.69) is 33.0 Å². The van der Waals surface area contributed by atoms with Crippen LogP contribution in [0, 0.1) is 10.8 Å². The van der Waals surface area contributed by atoms with Crippen LogP contribution in [0.15, 0.2) is 0 Å². The Balaban J connectivity index is 2.28. The SMILES string of the molecule is CC1NC(=O)C(C)N(C2CC(C)(C)CC(C)(C)C2)C1=O. The second-order valence-corrected chi connectivity index (χ2v) is 8.22. The number of piperazine rings is 1. The molecule has 1 N–H and O–H groups in total. The Labute approximate surface area is 122 Å². The van der Waals surface area contributed by atoms with Crippen molar-refractivity contribution in [3.63, 3.8) is 0 Å². The third-order valence-corrected chi connectivity index (χ3v) is 4.71. The molecule has 2 fully saturated rings. The van der Waals surface area contributed by atoms with Crippen molar-refractivity contribution in [3.05, 3.63) is 0 Å². The summed E-state index contributed by atoms with van der Waals surface area (Å²) in [5.74, 6) is 0.0360. The summed E-state index contributed by atoms with van der Waals surface area (Å²) in [6, 6.07) is -0.579. The monoisotopic (exact) mass is 280 g/mol. The fraction of sp³-hybridized carbons (Fsp3) is 0.875. The molecule has 2 atom stereocenters. The number of hydrogen-bond acceptors (Lipinski definition) is 2. The van der Waals surface area contributed by atoms with Crippen LogP contribution in [0.3, 0.4) is 0 Å². The number of carbonyl (C=O) groups excluding carboxylic acids is 2. The van der Waals surface area contributed by atoms with E-state index in [4.69, 9.17) is 0 Å². The zero-order chi connectivity index (χ0) is 15.3. The average molecular weight is 280 g/mol. The Morgan fingerprint density at radius 3 is 2.05 bits per heavy atom. The highest BCUT2D eigenvalue weighted by Crippen LogP contribution is 2.47. The van der Waals surface area contributed by atoms with Gasteiger partial charge in [-0.1, -0.05) is 27.7 Å². The van der Waals surface area contributed by atoms with Crippen molar-refractivity contribution in [2.45, 2.75) is 78.9 Å². The molecule has 2 amide bonds. The number of nitrogens with one attached hydrogen (secondary N) is 1. The average Bonchev–Trinajstić information content (AvgIpc) is 2.22. The van der Waals surface area contributed by atoms with Crippen molar-refractivity contribution in [3.8, 4) is 0 Å². The first kappa shape index (κ1) is 15.3. The van der Waals surface area contributed by atoms with Crippen LogP contribution < -0.4 is 5.32 Å². The Bertz CT molecular complexity index is 412. The van der Waals surface area contributed by atoms with E-state index in [1.54, 1.807) is 6.92 Å². The number of rotatable bonds is 1. The van der Waals surface area contributed by atoms with Crippen molar-refractivity contribution in [1.29, 1.82) is 0 Å². The van der Waals surface area contributed by atoms with E-state index < -0.39 is 6.04 Å². The van der Waals surface area contributed by atoms with Crippen LogP contribution in [0.1, 0.15) is 60.8 Å². The molecule has 1 saturated carbocycles. The normalized spacial score (nSPS) is 34.0. The van der Waals surface area contributed by atoms with Crippen molar-refractivity contribution in [1.82, 2.24) is 10.2 Å². The van der Waals surface area contributed by atoms with Gasteiger partial charge in [-0.05, 0) is 43.9 Å². The maximum absolute atomic E-state index is 12.5. The predicted molar refractivity (Wildman–Crippen MR) is 79.1 cm³/mol.